The van der Waals surface area contributed by atoms with Crippen LogP contribution in [0.15, 0.2) is 6.20 Å². The van der Waals surface area contributed by atoms with Crippen LogP contribution in [0, 0.1) is 11.5 Å². The van der Waals surface area contributed by atoms with Gasteiger partial charge in [0.25, 0.3) is 0 Å². The van der Waals surface area contributed by atoms with Gasteiger partial charge in [0, 0.05) is 5.54 Å². The number of nitrogens with zero attached hydrogens (tertiary/aromatic N) is 2. The minimum absolute atomic E-state index is 0.472. The van der Waals surface area contributed by atoms with Crippen molar-refractivity contribution >= 4 is 30.6 Å². The zero-order valence-electron chi connectivity index (χ0n) is 12.2. The Kier molecular flexibility index (Phi) is 4.43. The van der Waals surface area contributed by atoms with Crippen molar-refractivity contribution in [3.8, 4) is 11.5 Å². The molecule has 0 radical (unpaired) electrons. The van der Waals surface area contributed by atoms with Gasteiger partial charge in [-0.05, 0) is 20.8 Å². The molecule has 1 aromatic heterocycles. The summed E-state index contributed by atoms with van der Waals surface area (Å²) in [6.45, 7) is 12.0. The Bertz CT molecular complexity index is 529. The van der Waals surface area contributed by atoms with Gasteiger partial charge >= 0.3 is 6.09 Å². The smallest absolute Gasteiger partial charge is 0.414 e. The minimum atomic E-state index is -1.43. The summed E-state index contributed by atoms with van der Waals surface area (Å²) in [5.74, 6) is 3.10. The van der Waals surface area contributed by atoms with Crippen molar-refractivity contribution in [3.05, 3.63) is 11.1 Å². The van der Waals surface area contributed by atoms with E-state index in [9.17, 15) is 9.90 Å². The molecule has 0 atom stereocenters. The Balaban J connectivity index is 3.07. The molecule has 0 aliphatic rings. The lowest BCUT2D eigenvalue weighted by Crippen LogP contribution is -2.45. The molecule has 0 unspecified atom stereocenters. The SMILES string of the molecule is CC(C)(C)N(C(=O)O)c1ncc(C#C[Si](C)(C)C)s1. The van der Waals surface area contributed by atoms with Crippen molar-refractivity contribution in [2.75, 3.05) is 4.90 Å². The van der Waals surface area contributed by atoms with Crippen LogP contribution in [0.5, 0.6) is 0 Å². The van der Waals surface area contributed by atoms with Crippen molar-refractivity contribution in [2.45, 2.75) is 46.0 Å². The first-order valence-electron chi connectivity index (χ1n) is 6.03. The number of hydrogen-bond donors (Lipinski definition) is 1. The normalized spacial score (nSPS) is 11.7. The fourth-order valence-electron chi connectivity index (χ4n) is 1.33. The van der Waals surface area contributed by atoms with Gasteiger partial charge in [0.05, 0.1) is 11.1 Å². The molecule has 0 bridgehead atoms. The van der Waals surface area contributed by atoms with Crippen LogP contribution < -0.4 is 4.90 Å². The minimum Gasteiger partial charge on any atom is -0.465 e. The van der Waals surface area contributed by atoms with E-state index in [1.165, 1.54) is 16.2 Å². The van der Waals surface area contributed by atoms with Crippen molar-refractivity contribution in [3.63, 3.8) is 0 Å². The quantitative estimate of drug-likeness (QED) is 0.635. The number of thiazole rings is 1. The average molecular weight is 296 g/mol. The Morgan fingerprint density at radius 1 is 1.42 bits per heavy atom. The van der Waals surface area contributed by atoms with Gasteiger partial charge in [-0.1, -0.05) is 36.9 Å². The van der Waals surface area contributed by atoms with Crippen molar-refractivity contribution < 1.29 is 9.90 Å². The van der Waals surface area contributed by atoms with E-state index in [4.69, 9.17) is 0 Å². The van der Waals surface area contributed by atoms with Crippen LogP contribution in [0.25, 0.3) is 0 Å². The molecule has 0 saturated carbocycles. The van der Waals surface area contributed by atoms with Crippen molar-refractivity contribution in [1.82, 2.24) is 4.98 Å². The summed E-state index contributed by atoms with van der Waals surface area (Å²) in [7, 11) is -1.43. The summed E-state index contributed by atoms with van der Waals surface area (Å²) >= 11 is 1.32. The van der Waals surface area contributed by atoms with Gasteiger partial charge in [-0.2, -0.15) is 0 Å². The number of aromatic nitrogens is 1. The van der Waals surface area contributed by atoms with Gasteiger partial charge in [0.2, 0.25) is 0 Å². The van der Waals surface area contributed by atoms with Crippen LogP contribution in [0.4, 0.5) is 9.93 Å². The molecule has 0 aromatic carbocycles. The third kappa shape index (κ3) is 4.69. The Morgan fingerprint density at radius 3 is 2.42 bits per heavy atom. The maximum Gasteiger partial charge on any atom is 0.414 e. The lowest BCUT2D eigenvalue weighted by atomic mass is 10.1. The standard InChI is InChI=1S/C13H20N2O2SSi/c1-13(2,3)15(12(16)17)11-14-9-10(18-11)7-8-19(4,5)6/h9H,1-6H3,(H,16,17). The molecule has 19 heavy (non-hydrogen) atoms. The molecule has 1 heterocycles. The Labute approximate surface area is 119 Å². The van der Waals surface area contributed by atoms with Gasteiger partial charge in [0.1, 0.15) is 8.07 Å². The molecule has 104 valence electrons. The average Bonchev–Trinajstić information content (AvgIpc) is 2.59. The number of rotatable bonds is 1. The monoisotopic (exact) mass is 296 g/mol. The number of amides is 1. The number of hydrogen-bond acceptors (Lipinski definition) is 3. The molecule has 1 rings (SSSR count). The molecule has 0 aliphatic carbocycles. The summed E-state index contributed by atoms with van der Waals surface area (Å²) in [5, 5.41) is 9.77. The van der Waals surface area contributed by atoms with E-state index in [0.717, 1.165) is 4.88 Å². The molecular weight excluding hydrogens is 276 g/mol. The second-order valence-corrected chi connectivity index (χ2v) is 12.1. The second kappa shape index (κ2) is 5.35. The van der Waals surface area contributed by atoms with Crippen LogP contribution in [0.3, 0.4) is 0 Å². The van der Waals surface area contributed by atoms with Crippen molar-refractivity contribution in [2.24, 2.45) is 0 Å². The highest BCUT2D eigenvalue weighted by Gasteiger charge is 2.30. The molecule has 6 heteroatoms. The predicted molar refractivity (Wildman–Crippen MR) is 82.6 cm³/mol. The predicted octanol–water partition coefficient (Wildman–Crippen LogP) is 3.65. The first-order valence-corrected chi connectivity index (χ1v) is 10.3. The van der Waals surface area contributed by atoms with E-state index in [0.29, 0.717) is 5.13 Å². The lowest BCUT2D eigenvalue weighted by molar-refractivity contribution is 0.195. The number of anilines is 1. The fourth-order valence-corrected chi connectivity index (χ4v) is 2.88. The summed E-state index contributed by atoms with van der Waals surface area (Å²) in [4.78, 5) is 17.6. The van der Waals surface area contributed by atoms with Crippen LogP contribution in [-0.4, -0.2) is 29.8 Å². The topological polar surface area (TPSA) is 53.4 Å². The summed E-state index contributed by atoms with van der Waals surface area (Å²) in [6.07, 6.45) is 0.654. The second-order valence-electron chi connectivity index (χ2n) is 6.30. The highest BCUT2D eigenvalue weighted by Crippen LogP contribution is 2.28. The molecule has 4 nitrogen and oxygen atoms in total. The van der Waals surface area contributed by atoms with Crippen LogP contribution in [0.1, 0.15) is 25.6 Å². The molecule has 1 aromatic rings. The van der Waals surface area contributed by atoms with Gasteiger partial charge in [-0.3, -0.25) is 0 Å². The van der Waals surface area contributed by atoms with Gasteiger partial charge in [-0.25, -0.2) is 14.7 Å². The zero-order valence-corrected chi connectivity index (χ0v) is 14.1. The number of carbonyl (C=O) groups is 1. The van der Waals surface area contributed by atoms with E-state index in [-0.39, 0.29) is 0 Å². The molecule has 0 saturated heterocycles. The molecule has 1 N–H and O–H groups in total. The molecule has 1 amide bonds. The first-order chi connectivity index (χ1) is 8.50. The third-order valence-electron chi connectivity index (χ3n) is 2.11. The van der Waals surface area contributed by atoms with E-state index < -0.39 is 19.7 Å². The van der Waals surface area contributed by atoms with Crippen LogP contribution in [-0.2, 0) is 0 Å². The highest BCUT2D eigenvalue weighted by molar-refractivity contribution is 7.16. The zero-order chi connectivity index (χ0) is 14.8. The summed E-state index contributed by atoms with van der Waals surface area (Å²) in [5.41, 5.74) is 2.73. The van der Waals surface area contributed by atoms with Crippen LogP contribution >= 0.6 is 11.3 Å². The third-order valence-corrected chi connectivity index (χ3v) is 3.88. The van der Waals surface area contributed by atoms with Crippen LogP contribution in [0.2, 0.25) is 19.6 Å². The Morgan fingerprint density at radius 2 is 2.00 bits per heavy atom. The lowest BCUT2D eigenvalue weighted by Gasteiger charge is -2.30. The van der Waals surface area contributed by atoms with Crippen molar-refractivity contribution in [1.29, 1.82) is 0 Å². The van der Waals surface area contributed by atoms with E-state index >= 15 is 0 Å². The fraction of sp³-hybridized carbons (Fsp3) is 0.538. The number of carboxylic acid groups (broad SMARTS) is 1. The summed E-state index contributed by atoms with van der Waals surface area (Å²) < 4.78 is 0. The van der Waals surface area contributed by atoms with Gasteiger partial charge in [0.15, 0.2) is 5.13 Å². The first kappa shape index (κ1) is 15.7. The molecular formula is C13H20N2O2SSi. The van der Waals surface area contributed by atoms with E-state index in [2.05, 4.69) is 36.1 Å². The molecule has 0 fully saturated rings. The maximum absolute atomic E-state index is 11.3. The highest BCUT2D eigenvalue weighted by atomic mass is 32.1. The van der Waals surface area contributed by atoms with E-state index in [1.807, 2.05) is 20.8 Å². The molecule has 0 spiro atoms. The Hall–Kier alpha value is -1.32. The maximum atomic E-state index is 11.3. The van der Waals surface area contributed by atoms with E-state index in [1.54, 1.807) is 6.20 Å². The summed E-state index contributed by atoms with van der Waals surface area (Å²) in [6, 6.07) is 0. The largest absolute Gasteiger partial charge is 0.465 e. The van der Waals surface area contributed by atoms with Gasteiger partial charge < -0.3 is 5.11 Å². The molecule has 0 aliphatic heterocycles. The van der Waals surface area contributed by atoms with Gasteiger partial charge in [-0.15, -0.1) is 5.54 Å².